The summed E-state index contributed by atoms with van der Waals surface area (Å²) >= 11 is 0. The van der Waals surface area contributed by atoms with Crippen LogP contribution in [0.4, 0.5) is 5.69 Å². The third kappa shape index (κ3) is 3.73. The molecule has 1 saturated heterocycles. The van der Waals surface area contributed by atoms with Crippen molar-refractivity contribution in [2.24, 2.45) is 0 Å². The van der Waals surface area contributed by atoms with Gasteiger partial charge in [-0.25, -0.2) is 4.98 Å². The van der Waals surface area contributed by atoms with Crippen LogP contribution in [-0.4, -0.2) is 43.2 Å². The minimum atomic E-state index is 0.00775. The summed E-state index contributed by atoms with van der Waals surface area (Å²) in [7, 11) is 1.73. The molecular formula is C19H27N3O2. The van der Waals surface area contributed by atoms with Gasteiger partial charge >= 0.3 is 0 Å². The molecule has 24 heavy (non-hydrogen) atoms. The Balaban J connectivity index is 1.58. The summed E-state index contributed by atoms with van der Waals surface area (Å²) in [5.74, 6) is 2.70. The zero-order valence-electron chi connectivity index (χ0n) is 15.1. The van der Waals surface area contributed by atoms with Gasteiger partial charge in [0.2, 0.25) is 5.89 Å². The van der Waals surface area contributed by atoms with Gasteiger partial charge in [0.1, 0.15) is 11.5 Å². The van der Waals surface area contributed by atoms with E-state index in [1.165, 1.54) is 5.69 Å². The number of methoxy groups -OCH3 is 1. The van der Waals surface area contributed by atoms with E-state index in [2.05, 4.69) is 47.7 Å². The fraction of sp³-hybridized carbons (Fsp3) is 0.526. The molecule has 1 fully saturated rings. The molecule has 1 aliphatic rings. The van der Waals surface area contributed by atoms with Crippen LogP contribution in [0.15, 0.2) is 34.9 Å². The van der Waals surface area contributed by atoms with Crippen LogP contribution in [0, 0.1) is 0 Å². The maximum Gasteiger partial charge on any atom is 0.208 e. The molecule has 1 aromatic carbocycles. The van der Waals surface area contributed by atoms with Gasteiger partial charge in [0, 0.05) is 31.6 Å². The summed E-state index contributed by atoms with van der Waals surface area (Å²) in [6.07, 6.45) is 1.86. The molecule has 0 saturated carbocycles. The van der Waals surface area contributed by atoms with E-state index in [0.717, 1.165) is 50.1 Å². The number of para-hydroxylation sites is 2. The summed E-state index contributed by atoms with van der Waals surface area (Å²) in [6.45, 7) is 11.1. The lowest BCUT2D eigenvalue weighted by molar-refractivity contribution is 0.220. The predicted octanol–water partition coefficient (Wildman–Crippen LogP) is 3.30. The topological polar surface area (TPSA) is 41.7 Å². The fourth-order valence-electron chi connectivity index (χ4n) is 2.96. The first-order chi connectivity index (χ1) is 11.5. The average Bonchev–Trinajstić information content (AvgIpc) is 3.04. The lowest BCUT2D eigenvalue weighted by atomic mass is 9.94. The number of nitrogens with zero attached hydrogens (tertiary/aromatic N) is 3. The number of oxazole rings is 1. The second-order valence-electron chi connectivity index (χ2n) is 7.30. The van der Waals surface area contributed by atoms with Crippen LogP contribution in [0.3, 0.4) is 0 Å². The molecule has 5 heteroatoms. The molecular weight excluding hydrogens is 302 g/mol. The van der Waals surface area contributed by atoms with E-state index in [-0.39, 0.29) is 5.41 Å². The number of benzene rings is 1. The molecule has 5 nitrogen and oxygen atoms in total. The number of anilines is 1. The van der Waals surface area contributed by atoms with E-state index in [4.69, 9.17) is 9.15 Å². The van der Waals surface area contributed by atoms with Crippen molar-refractivity contribution in [2.75, 3.05) is 38.2 Å². The van der Waals surface area contributed by atoms with Crippen LogP contribution in [-0.2, 0) is 12.0 Å². The van der Waals surface area contributed by atoms with Crippen molar-refractivity contribution in [3.05, 3.63) is 42.1 Å². The van der Waals surface area contributed by atoms with Crippen LogP contribution < -0.4 is 9.64 Å². The number of aromatic nitrogens is 1. The highest BCUT2D eigenvalue weighted by molar-refractivity contribution is 5.58. The Bertz CT molecular complexity index is 667. The summed E-state index contributed by atoms with van der Waals surface area (Å²) in [6, 6.07) is 8.21. The number of rotatable bonds is 4. The minimum absolute atomic E-state index is 0.00775. The SMILES string of the molecule is COc1ccccc1N1CCN(Cc2ncc(C(C)(C)C)o2)CC1. The van der Waals surface area contributed by atoms with E-state index >= 15 is 0 Å². The lowest BCUT2D eigenvalue weighted by Gasteiger charge is -2.36. The summed E-state index contributed by atoms with van der Waals surface area (Å²) < 4.78 is 11.4. The van der Waals surface area contributed by atoms with E-state index in [0.29, 0.717) is 0 Å². The number of hydrogen-bond donors (Lipinski definition) is 0. The molecule has 0 bridgehead atoms. The Hall–Kier alpha value is -2.01. The van der Waals surface area contributed by atoms with Crippen LogP contribution in [0.1, 0.15) is 32.4 Å². The highest BCUT2D eigenvalue weighted by Crippen LogP contribution is 2.28. The van der Waals surface area contributed by atoms with Crippen LogP contribution in [0.2, 0.25) is 0 Å². The highest BCUT2D eigenvalue weighted by Gasteiger charge is 2.23. The van der Waals surface area contributed by atoms with Gasteiger partial charge in [-0.2, -0.15) is 0 Å². The maximum atomic E-state index is 5.91. The molecule has 2 aromatic rings. The lowest BCUT2D eigenvalue weighted by Crippen LogP contribution is -2.46. The Morgan fingerprint density at radius 3 is 2.46 bits per heavy atom. The zero-order valence-corrected chi connectivity index (χ0v) is 15.1. The fourth-order valence-corrected chi connectivity index (χ4v) is 2.96. The first-order valence-electron chi connectivity index (χ1n) is 8.53. The van der Waals surface area contributed by atoms with Gasteiger partial charge in [0.25, 0.3) is 0 Å². The monoisotopic (exact) mass is 329 g/mol. The third-order valence-corrected chi connectivity index (χ3v) is 4.45. The first-order valence-corrected chi connectivity index (χ1v) is 8.53. The molecule has 1 aromatic heterocycles. The maximum absolute atomic E-state index is 5.91. The van der Waals surface area contributed by atoms with Crippen LogP contribution in [0.5, 0.6) is 5.75 Å². The first kappa shape index (κ1) is 16.8. The predicted molar refractivity (Wildman–Crippen MR) is 95.7 cm³/mol. The van der Waals surface area contributed by atoms with Crippen molar-refractivity contribution in [1.82, 2.24) is 9.88 Å². The van der Waals surface area contributed by atoms with Crippen molar-refractivity contribution >= 4 is 5.69 Å². The summed E-state index contributed by atoms with van der Waals surface area (Å²) in [5, 5.41) is 0. The number of ether oxygens (including phenoxy) is 1. The molecule has 0 aliphatic carbocycles. The zero-order chi connectivity index (χ0) is 17.2. The number of piperazine rings is 1. The second-order valence-corrected chi connectivity index (χ2v) is 7.30. The normalized spacial score (nSPS) is 16.4. The van der Waals surface area contributed by atoms with Crippen molar-refractivity contribution in [3.8, 4) is 5.75 Å². The molecule has 3 rings (SSSR count). The number of hydrogen-bond acceptors (Lipinski definition) is 5. The van der Waals surface area contributed by atoms with Gasteiger partial charge in [-0.3, -0.25) is 4.90 Å². The Morgan fingerprint density at radius 2 is 1.83 bits per heavy atom. The quantitative estimate of drug-likeness (QED) is 0.861. The van der Waals surface area contributed by atoms with Gasteiger partial charge in [-0.15, -0.1) is 0 Å². The van der Waals surface area contributed by atoms with Gasteiger partial charge in [-0.05, 0) is 12.1 Å². The molecule has 0 amide bonds. The smallest absolute Gasteiger partial charge is 0.208 e. The van der Waals surface area contributed by atoms with Gasteiger partial charge in [0.15, 0.2) is 0 Å². The molecule has 0 N–H and O–H groups in total. The average molecular weight is 329 g/mol. The summed E-state index contributed by atoms with van der Waals surface area (Å²) in [4.78, 5) is 9.21. The molecule has 0 unspecified atom stereocenters. The van der Waals surface area contributed by atoms with Gasteiger partial charge < -0.3 is 14.1 Å². The van der Waals surface area contributed by atoms with Crippen molar-refractivity contribution < 1.29 is 9.15 Å². The Kier molecular flexibility index (Phi) is 4.81. The second kappa shape index (κ2) is 6.85. The van der Waals surface area contributed by atoms with E-state index in [9.17, 15) is 0 Å². The Morgan fingerprint density at radius 1 is 1.12 bits per heavy atom. The van der Waals surface area contributed by atoms with Gasteiger partial charge in [0.05, 0.1) is 25.5 Å². The van der Waals surface area contributed by atoms with Crippen molar-refractivity contribution in [3.63, 3.8) is 0 Å². The van der Waals surface area contributed by atoms with Crippen molar-refractivity contribution in [1.29, 1.82) is 0 Å². The third-order valence-electron chi connectivity index (χ3n) is 4.45. The van der Waals surface area contributed by atoms with E-state index < -0.39 is 0 Å². The summed E-state index contributed by atoms with van der Waals surface area (Å²) in [5.41, 5.74) is 1.18. The molecule has 2 heterocycles. The minimum Gasteiger partial charge on any atom is -0.495 e. The van der Waals surface area contributed by atoms with E-state index in [1.807, 2.05) is 18.3 Å². The largest absolute Gasteiger partial charge is 0.495 e. The highest BCUT2D eigenvalue weighted by atomic mass is 16.5. The molecule has 0 radical (unpaired) electrons. The van der Waals surface area contributed by atoms with Crippen LogP contribution in [0.25, 0.3) is 0 Å². The van der Waals surface area contributed by atoms with Gasteiger partial charge in [-0.1, -0.05) is 32.9 Å². The molecule has 0 atom stereocenters. The molecule has 1 aliphatic heterocycles. The molecule has 0 spiro atoms. The van der Waals surface area contributed by atoms with Crippen molar-refractivity contribution in [2.45, 2.75) is 32.7 Å². The van der Waals surface area contributed by atoms with Crippen LogP contribution >= 0.6 is 0 Å². The standard InChI is InChI=1S/C19H27N3O2/c1-19(2,3)17-13-20-18(24-17)14-21-9-11-22(12-10-21)15-7-5-6-8-16(15)23-4/h5-8,13H,9-12,14H2,1-4H3. The molecule has 130 valence electrons. The van der Waals surface area contributed by atoms with E-state index in [1.54, 1.807) is 7.11 Å². The Labute approximate surface area is 144 Å².